The number of benzene rings is 1. The van der Waals surface area contributed by atoms with E-state index in [0.717, 1.165) is 50.2 Å². The minimum absolute atomic E-state index is 0.696. The van der Waals surface area contributed by atoms with Gasteiger partial charge in [-0.15, -0.1) is 11.3 Å². The average Bonchev–Trinajstić information content (AvgIpc) is 3.42. The van der Waals surface area contributed by atoms with Crippen LogP contribution in [-0.4, -0.2) is 49.7 Å². The number of rotatable bonds is 10. The van der Waals surface area contributed by atoms with Gasteiger partial charge in [-0.25, -0.2) is 4.98 Å². The summed E-state index contributed by atoms with van der Waals surface area (Å²) in [6.07, 6.45) is 4.69. The Morgan fingerprint density at radius 3 is 2.85 bits per heavy atom. The second-order valence-electron chi connectivity index (χ2n) is 7.06. The van der Waals surface area contributed by atoms with E-state index in [0.29, 0.717) is 6.54 Å². The van der Waals surface area contributed by atoms with E-state index in [1.807, 2.05) is 14.1 Å². The predicted molar refractivity (Wildman–Crippen MR) is 112 cm³/mol. The highest BCUT2D eigenvalue weighted by atomic mass is 32.1. The van der Waals surface area contributed by atoms with Gasteiger partial charge in [-0.1, -0.05) is 30.3 Å². The summed E-state index contributed by atoms with van der Waals surface area (Å²) in [4.78, 5) is 11.2. The molecule has 0 aliphatic heterocycles. The summed E-state index contributed by atoms with van der Waals surface area (Å²) in [6, 6.07) is 10.6. The van der Waals surface area contributed by atoms with Gasteiger partial charge in [0.15, 0.2) is 5.96 Å². The molecule has 0 bridgehead atoms. The minimum Gasteiger partial charge on any atom is -0.379 e. The third-order valence-corrected chi connectivity index (χ3v) is 5.65. The van der Waals surface area contributed by atoms with Gasteiger partial charge in [0.05, 0.1) is 23.9 Å². The normalized spacial score (nSPS) is 14.4. The van der Waals surface area contributed by atoms with Gasteiger partial charge in [-0.05, 0) is 30.7 Å². The van der Waals surface area contributed by atoms with Gasteiger partial charge in [-0.3, -0.25) is 4.99 Å². The van der Waals surface area contributed by atoms with Crippen LogP contribution in [0.5, 0.6) is 0 Å². The van der Waals surface area contributed by atoms with E-state index in [4.69, 9.17) is 9.72 Å². The van der Waals surface area contributed by atoms with Gasteiger partial charge in [0, 0.05) is 39.0 Å². The van der Waals surface area contributed by atoms with Crippen molar-refractivity contribution in [3.63, 3.8) is 0 Å². The number of nitrogens with zero attached hydrogens (tertiary/aromatic N) is 3. The molecule has 1 heterocycles. The van der Waals surface area contributed by atoms with Crippen molar-refractivity contribution in [2.24, 2.45) is 10.9 Å². The molecule has 0 unspecified atom stereocenters. The predicted octanol–water partition coefficient (Wildman–Crippen LogP) is 3.36. The Morgan fingerprint density at radius 1 is 1.30 bits per heavy atom. The van der Waals surface area contributed by atoms with Gasteiger partial charge in [0.1, 0.15) is 0 Å². The molecule has 1 aliphatic carbocycles. The zero-order valence-corrected chi connectivity index (χ0v) is 17.2. The van der Waals surface area contributed by atoms with Gasteiger partial charge < -0.3 is 15.0 Å². The number of guanidine groups is 1. The number of ether oxygens (including phenoxy) is 1. The fraction of sp³-hybridized carbons (Fsp3) is 0.524. The van der Waals surface area contributed by atoms with E-state index >= 15 is 0 Å². The zero-order valence-electron chi connectivity index (χ0n) is 16.4. The summed E-state index contributed by atoms with van der Waals surface area (Å²) >= 11 is 1.74. The maximum Gasteiger partial charge on any atom is 0.193 e. The molecule has 1 aromatic carbocycles. The van der Waals surface area contributed by atoms with Crippen LogP contribution < -0.4 is 5.32 Å². The van der Waals surface area contributed by atoms with Crippen molar-refractivity contribution >= 4 is 17.3 Å². The van der Waals surface area contributed by atoms with Crippen molar-refractivity contribution in [3.8, 4) is 0 Å². The number of nitrogens with one attached hydrogen (secondary N) is 1. The maximum absolute atomic E-state index is 5.72. The Bertz CT molecular complexity index is 712. The Labute approximate surface area is 166 Å². The first kappa shape index (κ1) is 19.8. The third-order valence-electron chi connectivity index (χ3n) is 4.69. The van der Waals surface area contributed by atoms with Crippen molar-refractivity contribution in [2.45, 2.75) is 32.2 Å². The van der Waals surface area contributed by atoms with Gasteiger partial charge in [-0.2, -0.15) is 0 Å². The molecular formula is C21H30N4OS. The van der Waals surface area contributed by atoms with Crippen LogP contribution in [0.4, 0.5) is 0 Å². The highest BCUT2D eigenvalue weighted by Crippen LogP contribution is 2.28. The summed E-state index contributed by atoms with van der Waals surface area (Å²) in [5.41, 5.74) is 2.43. The molecule has 0 saturated heterocycles. The molecule has 0 spiro atoms. The number of hydrogen-bond acceptors (Lipinski definition) is 4. The quantitative estimate of drug-likeness (QED) is 0.386. The summed E-state index contributed by atoms with van der Waals surface area (Å²) in [5, 5.41) is 6.72. The fourth-order valence-corrected chi connectivity index (χ4v) is 3.64. The molecule has 1 N–H and O–H groups in total. The van der Waals surface area contributed by atoms with Crippen LogP contribution >= 0.6 is 11.3 Å². The topological polar surface area (TPSA) is 49.8 Å². The lowest BCUT2D eigenvalue weighted by molar-refractivity contribution is 0.115. The minimum atomic E-state index is 0.696. The van der Waals surface area contributed by atoms with E-state index in [-0.39, 0.29) is 0 Å². The number of aliphatic imine (C=N–C) groups is 1. The molecule has 0 atom stereocenters. The van der Waals surface area contributed by atoms with Crippen molar-refractivity contribution in [1.82, 2.24) is 15.2 Å². The second-order valence-corrected chi connectivity index (χ2v) is 8.00. The smallest absolute Gasteiger partial charge is 0.193 e. The SMILES string of the molecule is CN=C(NCc1csc(CCc2ccccc2)n1)N(C)CCOCC1CC1. The number of aromatic nitrogens is 1. The standard InChI is InChI=1S/C21H30N4OS/c1-22-21(25(2)12-13-26-15-18-8-9-18)23-14-19-16-27-20(24-19)11-10-17-6-4-3-5-7-17/h3-7,16,18H,8-15H2,1-2H3,(H,22,23). The first-order chi connectivity index (χ1) is 13.2. The molecule has 1 aliphatic rings. The summed E-state index contributed by atoms with van der Waals surface area (Å²) in [5.74, 6) is 1.69. The van der Waals surface area contributed by atoms with E-state index in [2.05, 4.69) is 50.9 Å². The molecule has 0 radical (unpaired) electrons. The number of aryl methyl sites for hydroxylation is 2. The molecule has 6 heteroatoms. The van der Waals surface area contributed by atoms with E-state index < -0.39 is 0 Å². The summed E-state index contributed by atoms with van der Waals surface area (Å²) < 4.78 is 5.72. The molecule has 3 rings (SSSR count). The van der Waals surface area contributed by atoms with Gasteiger partial charge in [0.2, 0.25) is 0 Å². The van der Waals surface area contributed by atoms with E-state index in [1.54, 1.807) is 11.3 Å². The first-order valence-electron chi connectivity index (χ1n) is 9.71. The Kier molecular flexibility index (Phi) is 7.66. The third kappa shape index (κ3) is 6.96. The van der Waals surface area contributed by atoms with Crippen LogP contribution in [0, 0.1) is 5.92 Å². The number of thiazole rings is 1. The Balaban J connectivity index is 1.38. The molecular weight excluding hydrogens is 356 g/mol. The molecule has 27 heavy (non-hydrogen) atoms. The Morgan fingerprint density at radius 2 is 2.11 bits per heavy atom. The van der Waals surface area contributed by atoms with Crippen LogP contribution in [0.25, 0.3) is 0 Å². The van der Waals surface area contributed by atoms with Crippen molar-refractivity contribution < 1.29 is 4.74 Å². The summed E-state index contributed by atoms with van der Waals surface area (Å²) in [6.45, 7) is 3.19. The maximum atomic E-state index is 5.72. The van der Waals surface area contributed by atoms with Crippen molar-refractivity contribution in [1.29, 1.82) is 0 Å². The fourth-order valence-electron chi connectivity index (χ4n) is 2.84. The zero-order chi connectivity index (χ0) is 18.9. The van der Waals surface area contributed by atoms with Crippen LogP contribution in [0.3, 0.4) is 0 Å². The van der Waals surface area contributed by atoms with E-state index in [9.17, 15) is 0 Å². The molecule has 5 nitrogen and oxygen atoms in total. The van der Waals surface area contributed by atoms with Crippen molar-refractivity contribution in [3.05, 3.63) is 52.0 Å². The molecule has 146 valence electrons. The van der Waals surface area contributed by atoms with Crippen LogP contribution in [-0.2, 0) is 24.1 Å². The first-order valence-corrected chi connectivity index (χ1v) is 10.6. The molecule has 1 fully saturated rings. The molecule has 2 aromatic rings. The lowest BCUT2D eigenvalue weighted by Gasteiger charge is -2.21. The molecule has 1 aromatic heterocycles. The lowest BCUT2D eigenvalue weighted by Crippen LogP contribution is -2.40. The molecule has 1 saturated carbocycles. The second kappa shape index (κ2) is 10.4. The molecule has 0 amide bonds. The lowest BCUT2D eigenvalue weighted by atomic mass is 10.1. The monoisotopic (exact) mass is 386 g/mol. The van der Waals surface area contributed by atoms with Crippen LogP contribution in [0.1, 0.15) is 29.1 Å². The number of likely N-dealkylation sites (N-methyl/N-ethyl adjacent to an activating group) is 1. The van der Waals surface area contributed by atoms with Crippen molar-refractivity contribution in [2.75, 3.05) is 33.9 Å². The highest BCUT2D eigenvalue weighted by molar-refractivity contribution is 7.09. The number of hydrogen-bond donors (Lipinski definition) is 1. The highest BCUT2D eigenvalue weighted by Gasteiger charge is 2.21. The average molecular weight is 387 g/mol. The van der Waals surface area contributed by atoms with Gasteiger partial charge >= 0.3 is 0 Å². The Hall–Kier alpha value is -1.92. The van der Waals surface area contributed by atoms with Crippen LogP contribution in [0.15, 0.2) is 40.7 Å². The summed E-state index contributed by atoms with van der Waals surface area (Å²) in [7, 11) is 3.86. The van der Waals surface area contributed by atoms with Crippen LogP contribution in [0.2, 0.25) is 0 Å². The van der Waals surface area contributed by atoms with E-state index in [1.165, 1.54) is 23.4 Å². The van der Waals surface area contributed by atoms with Gasteiger partial charge in [0.25, 0.3) is 0 Å². The largest absolute Gasteiger partial charge is 0.379 e.